The normalized spacial score (nSPS) is 20.0. The number of aryl methyl sites for hydroxylation is 2. The highest BCUT2D eigenvalue weighted by atomic mass is 79.9. The number of rotatable bonds is 7. The summed E-state index contributed by atoms with van der Waals surface area (Å²) in [5, 5.41) is 3.34. The lowest BCUT2D eigenvalue weighted by Gasteiger charge is -2.21. The molecule has 1 amide bonds. The van der Waals surface area contributed by atoms with E-state index < -0.39 is 12.8 Å². The van der Waals surface area contributed by atoms with Gasteiger partial charge in [-0.05, 0) is 28.8 Å². The summed E-state index contributed by atoms with van der Waals surface area (Å²) in [6, 6.07) is -0.212. The van der Waals surface area contributed by atoms with Crippen LogP contribution in [-0.2, 0) is 22.3 Å². The zero-order chi connectivity index (χ0) is 18.4. The average Bonchev–Trinajstić information content (AvgIpc) is 3.02. The van der Waals surface area contributed by atoms with E-state index in [0.717, 1.165) is 22.4 Å². The molecule has 0 unspecified atom stereocenters. The first kappa shape index (κ1) is 19.8. The van der Waals surface area contributed by atoms with Crippen LogP contribution in [0, 0.1) is 0 Å². The quantitative estimate of drug-likeness (QED) is 0.732. The fraction of sp³-hybridized carbons (Fsp3) is 0.688. The molecule has 0 aromatic carbocycles. The van der Waals surface area contributed by atoms with Gasteiger partial charge in [-0.25, -0.2) is 19.2 Å². The smallest absolute Gasteiger partial charge is 0.409 e. The summed E-state index contributed by atoms with van der Waals surface area (Å²) in [7, 11) is 1.34. The van der Waals surface area contributed by atoms with Crippen LogP contribution in [0.5, 0.6) is 0 Å². The molecule has 1 fully saturated rings. The molecule has 0 bridgehead atoms. The summed E-state index contributed by atoms with van der Waals surface area (Å²) < 4.78 is 23.6. The van der Waals surface area contributed by atoms with Gasteiger partial charge >= 0.3 is 6.09 Å². The summed E-state index contributed by atoms with van der Waals surface area (Å²) in [5.41, 5.74) is 1.67. The maximum Gasteiger partial charge on any atom is 0.409 e. The van der Waals surface area contributed by atoms with Gasteiger partial charge in [-0.15, -0.1) is 0 Å². The molecule has 0 radical (unpaired) electrons. The zero-order valence-electron chi connectivity index (χ0n) is 14.7. The molecular formula is C16H24BrFN4O3. The molecule has 1 N–H and O–H groups in total. The molecule has 1 saturated heterocycles. The van der Waals surface area contributed by atoms with Gasteiger partial charge in [-0.2, -0.15) is 0 Å². The molecule has 0 aliphatic carbocycles. The van der Waals surface area contributed by atoms with Crippen LogP contribution in [0.2, 0.25) is 0 Å². The molecule has 7 nitrogen and oxygen atoms in total. The van der Waals surface area contributed by atoms with Crippen molar-refractivity contribution >= 4 is 27.8 Å². The number of likely N-dealkylation sites (tertiary alicyclic amines) is 1. The van der Waals surface area contributed by atoms with Gasteiger partial charge < -0.3 is 19.7 Å². The Morgan fingerprint density at radius 2 is 2.04 bits per heavy atom. The van der Waals surface area contributed by atoms with E-state index >= 15 is 0 Å². The van der Waals surface area contributed by atoms with Crippen LogP contribution in [0.15, 0.2) is 4.60 Å². The number of aromatic nitrogens is 2. The van der Waals surface area contributed by atoms with E-state index in [1.54, 1.807) is 4.90 Å². The van der Waals surface area contributed by atoms with E-state index in [-0.39, 0.29) is 18.8 Å². The zero-order valence-corrected chi connectivity index (χ0v) is 16.3. The SMILES string of the molecule is CCc1nc(N[C@@H]2CN(C(=O)OC)C[C@@H]2OCCF)c(CC)nc1Br. The number of alkyl halides is 1. The summed E-state index contributed by atoms with van der Waals surface area (Å²) in [4.78, 5) is 22.5. The summed E-state index contributed by atoms with van der Waals surface area (Å²) in [5.74, 6) is 0.674. The van der Waals surface area contributed by atoms with E-state index in [0.29, 0.717) is 25.3 Å². The lowest BCUT2D eigenvalue weighted by atomic mass is 10.2. The van der Waals surface area contributed by atoms with Crippen molar-refractivity contribution in [3.05, 3.63) is 16.0 Å². The third-order valence-electron chi connectivity index (χ3n) is 4.09. The van der Waals surface area contributed by atoms with Gasteiger partial charge in [0.1, 0.15) is 17.1 Å². The highest BCUT2D eigenvalue weighted by Gasteiger charge is 2.37. The van der Waals surface area contributed by atoms with Crippen molar-refractivity contribution in [3.63, 3.8) is 0 Å². The molecule has 2 atom stereocenters. The molecule has 0 saturated carbocycles. The molecule has 1 aliphatic rings. The average molecular weight is 419 g/mol. The number of hydrogen-bond donors (Lipinski definition) is 1. The van der Waals surface area contributed by atoms with Gasteiger partial charge in [0.05, 0.1) is 43.8 Å². The van der Waals surface area contributed by atoms with Crippen LogP contribution >= 0.6 is 15.9 Å². The second kappa shape index (κ2) is 9.28. The fourth-order valence-electron chi connectivity index (χ4n) is 2.80. The number of halogens is 2. The summed E-state index contributed by atoms with van der Waals surface area (Å²) >= 11 is 3.44. The first-order chi connectivity index (χ1) is 12.0. The van der Waals surface area contributed by atoms with E-state index in [1.165, 1.54) is 7.11 Å². The van der Waals surface area contributed by atoms with E-state index in [4.69, 9.17) is 9.47 Å². The maximum atomic E-state index is 12.5. The number of nitrogens with one attached hydrogen (secondary N) is 1. The minimum absolute atomic E-state index is 0.00921. The second-order valence-corrected chi connectivity index (χ2v) is 6.44. The van der Waals surface area contributed by atoms with Crippen LogP contribution in [0.3, 0.4) is 0 Å². The van der Waals surface area contributed by atoms with Gasteiger partial charge in [0.25, 0.3) is 0 Å². The van der Waals surface area contributed by atoms with Crippen LogP contribution in [-0.4, -0.2) is 66.6 Å². The monoisotopic (exact) mass is 418 g/mol. The van der Waals surface area contributed by atoms with Crippen molar-refractivity contribution in [1.82, 2.24) is 14.9 Å². The third kappa shape index (κ3) is 4.78. The minimum Gasteiger partial charge on any atom is -0.453 e. The Labute approximate surface area is 155 Å². The minimum atomic E-state index is -0.570. The molecule has 1 aromatic rings. The molecular weight excluding hydrogens is 395 g/mol. The van der Waals surface area contributed by atoms with Crippen LogP contribution in [0.25, 0.3) is 0 Å². The Morgan fingerprint density at radius 1 is 1.32 bits per heavy atom. The lowest BCUT2D eigenvalue weighted by molar-refractivity contribution is 0.0443. The fourth-order valence-corrected chi connectivity index (χ4v) is 3.38. The lowest BCUT2D eigenvalue weighted by Crippen LogP contribution is -2.35. The predicted molar refractivity (Wildman–Crippen MR) is 95.6 cm³/mol. The topological polar surface area (TPSA) is 76.6 Å². The number of anilines is 1. The van der Waals surface area contributed by atoms with Crippen LogP contribution in [0.4, 0.5) is 15.0 Å². The van der Waals surface area contributed by atoms with Gasteiger partial charge in [-0.3, -0.25) is 0 Å². The summed E-state index contributed by atoms with van der Waals surface area (Å²) in [6.45, 7) is 4.17. The van der Waals surface area contributed by atoms with Crippen molar-refractivity contribution in [2.45, 2.75) is 38.8 Å². The Kier molecular flexibility index (Phi) is 7.37. The number of hydrogen-bond acceptors (Lipinski definition) is 6. The molecule has 1 aliphatic heterocycles. The van der Waals surface area contributed by atoms with Crippen molar-refractivity contribution < 1.29 is 18.7 Å². The molecule has 25 heavy (non-hydrogen) atoms. The Morgan fingerprint density at radius 3 is 2.64 bits per heavy atom. The number of carbonyl (C=O) groups is 1. The second-order valence-electron chi connectivity index (χ2n) is 5.69. The van der Waals surface area contributed by atoms with E-state index in [2.05, 4.69) is 31.2 Å². The van der Waals surface area contributed by atoms with Crippen molar-refractivity contribution in [1.29, 1.82) is 0 Å². The molecule has 2 heterocycles. The van der Waals surface area contributed by atoms with Gasteiger partial charge in [0.15, 0.2) is 0 Å². The van der Waals surface area contributed by atoms with Crippen molar-refractivity contribution in [2.24, 2.45) is 0 Å². The standard InChI is InChI=1S/C16H24BrFN4O3/c1-4-10-14(17)19-11(5-2)15(20-10)21-12-8-22(16(23)24-3)9-13(12)25-7-6-18/h12-13H,4-9H2,1-3H3,(H,20,21)/t12-,13+/m1/s1. The maximum absolute atomic E-state index is 12.5. The molecule has 2 rings (SSSR count). The number of amides is 1. The Hall–Kier alpha value is -1.48. The van der Waals surface area contributed by atoms with Gasteiger partial charge in [0, 0.05) is 6.54 Å². The predicted octanol–water partition coefficient (Wildman–Crippen LogP) is 2.58. The van der Waals surface area contributed by atoms with E-state index in [9.17, 15) is 9.18 Å². The third-order valence-corrected chi connectivity index (χ3v) is 4.73. The number of methoxy groups -OCH3 is 1. The van der Waals surface area contributed by atoms with Crippen LogP contribution in [0.1, 0.15) is 25.2 Å². The Bertz CT molecular complexity index is 605. The van der Waals surface area contributed by atoms with Gasteiger partial charge in [0.2, 0.25) is 0 Å². The van der Waals surface area contributed by atoms with E-state index in [1.807, 2.05) is 13.8 Å². The number of carbonyl (C=O) groups excluding carboxylic acids is 1. The number of ether oxygens (including phenoxy) is 2. The molecule has 9 heteroatoms. The van der Waals surface area contributed by atoms with Gasteiger partial charge in [-0.1, -0.05) is 13.8 Å². The molecule has 1 aromatic heterocycles. The Balaban J connectivity index is 2.21. The number of nitrogens with zero attached hydrogens (tertiary/aromatic N) is 3. The van der Waals surface area contributed by atoms with Crippen LogP contribution < -0.4 is 5.32 Å². The highest BCUT2D eigenvalue weighted by molar-refractivity contribution is 9.10. The summed E-state index contributed by atoms with van der Waals surface area (Å²) in [6.07, 6.45) is 0.689. The molecule has 140 valence electrons. The first-order valence-electron chi connectivity index (χ1n) is 8.36. The first-order valence-corrected chi connectivity index (χ1v) is 9.15. The molecule has 0 spiro atoms. The van der Waals surface area contributed by atoms with Crippen molar-refractivity contribution in [3.8, 4) is 0 Å². The largest absolute Gasteiger partial charge is 0.453 e. The highest BCUT2D eigenvalue weighted by Crippen LogP contribution is 2.23. The van der Waals surface area contributed by atoms with Crippen molar-refractivity contribution in [2.75, 3.05) is 38.8 Å².